The Kier molecular flexibility index (Phi) is 9.25. The van der Waals surface area contributed by atoms with Gasteiger partial charge in [-0.2, -0.15) is 0 Å². The second-order valence-electron chi connectivity index (χ2n) is 15.2. The van der Waals surface area contributed by atoms with Gasteiger partial charge in [0, 0.05) is 52.4 Å². The first-order valence-corrected chi connectivity index (χ1v) is 17.0. The van der Waals surface area contributed by atoms with E-state index >= 15 is 4.79 Å². The monoisotopic (exact) mass is 692 g/mol. The molecule has 0 N–H and O–H groups in total. The van der Waals surface area contributed by atoms with Gasteiger partial charge in [-0.1, -0.05) is 20.8 Å². The van der Waals surface area contributed by atoms with Crippen LogP contribution in [0.4, 0.5) is 0 Å². The molecule has 4 aliphatic carbocycles. The van der Waals surface area contributed by atoms with E-state index in [9.17, 15) is 28.8 Å². The molecule has 14 unspecified atom stereocenters. The molecule has 0 spiro atoms. The minimum absolute atomic E-state index is 0.0252. The summed E-state index contributed by atoms with van der Waals surface area (Å²) in [6.07, 6.45) is -4.79. The Morgan fingerprint density at radius 2 is 1.41 bits per heavy atom. The zero-order valence-corrected chi connectivity index (χ0v) is 29.8. The normalized spacial score (nSPS) is 43.6. The molecular weight excluding hydrogens is 644 g/mol. The minimum atomic E-state index is -1.84. The molecule has 0 amide bonds. The molecular formula is C35H48O14. The van der Waals surface area contributed by atoms with Crippen LogP contribution in [-0.2, 0) is 66.7 Å². The molecule has 1 heterocycles. The van der Waals surface area contributed by atoms with E-state index in [-0.39, 0.29) is 19.4 Å². The molecule has 5 aliphatic rings. The van der Waals surface area contributed by atoms with Gasteiger partial charge in [0.25, 0.3) is 0 Å². The van der Waals surface area contributed by atoms with Gasteiger partial charge in [0.15, 0.2) is 23.6 Å². The first-order valence-electron chi connectivity index (χ1n) is 17.0. The van der Waals surface area contributed by atoms with Gasteiger partial charge in [0.05, 0.1) is 23.9 Å². The molecule has 0 aromatic carbocycles. The average molecular weight is 693 g/mol. The van der Waals surface area contributed by atoms with Gasteiger partial charge in [0.1, 0.15) is 23.4 Å². The SMILES string of the molecule is CCC(C)C(=O)OC1C(=O)C23COC(C)(C(OC(C)=O)C4(OC(C)=O)CC(C)C(OC(C)=O)C4C2OC(C)=O)C3C2C1CC2(C)OC(C)=O. The molecule has 2 bridgehead atoms. The molecule has 1 aliphatic heterocycles. The summed E-state index contributed by atoms with van der Waals surface area (Å²) in [6, 6.07) is 0. The number of hydrogen-bond donors (Lipinski definition) is 0. The second kappa shape index (κ2) is 12.3. The summed E-state index contributed by atoms with van der Waals surface area (Å²) in [5.41, 5.74) is -6.53. The summed E-state index contributed by atoms with van der Waals surface area (Å²) in [7, 11) is 0. The third-order valence-electron chi connectivity index (χ3n) is 11.8. The van der Waals surface area contributed by atoms with Crippen LogP contribution < -0.4 is 0 Å². The lowest BCUT2D eigenvalue weighted by Gasteiger charge is -2.64. The fourth-order valence-corrected chi connectivity index (χ4v) is 10.3. The molecule has 272 valence electrons. The van der Waals surface area contributed by atoms with Crippen molar-refractivity contribution in [3.8, 4) is 0 Å². The molecule has 14 nitrogen and oxygen atoms in total. The number of carbonyl (C=O) groups excluding carboxylic acids is 7. The van der Waals surface area contributed by atoms with Crippen molar-refractivity contribution in [2.24, 2.45) is 40.9 Å². The van der Waals surface area contributed by atoms with Crippen molar-refractivity contribution in [1.29, 1.82) is 0 Å². The lowest BCUT2D eigenvalue weighted by Crippen LogP contribution is -2.75. The number of ether oxygens (including phenoxy) is 7. The molecule has 14 atom stereocenters. The molecule has 0 aromatic heterocycles. The molecule has 0 radical (unpaired) electrons. The molecule has 5 fully saturated rings. The molecule has 1 saturated heterocycles. The van der Waals surface area contributed by atoms with Crippen molar-refractivity contribution >= 4 is 41.6 Å². The van der Waals surface area contributed by atoms with Crippen LogP contribution in [-0.4, -0.2) is 89.4 Å². The highest BCUT2D eigenvalue weighted by Crippen LogP contribution is 2.73. The number of hydrogen-bond acceptors (Lipinski definition) is 14. The predicted molar refractivity (Wildman–Crippen MR) is 165 cm³/mol. The lowest BCUT2D eigenvalue weighted by atomic mass is 9.42. The average Bonchev–Trinajstić information content (AvgIpc) is 3.40. The Morgan fingerprint density at radius 3 is 1.94 bits per heavy atom. The van der Waals surface area contributed by atoms with Crippen molar-refractivity contribution in [2.45, 2.75) is 130 Å². The van der Waals surface area contributed by atoms with Crippen LogP contribution >= 0.6 is 0 Å². The quantitative estimate of drug-likeness (QED) is 0.267. The number of carbonyl (C=O) groups is 7. The van der Waals surface area contributed by atoms with Gasteiger partial charge in [-0.25, -0.2) is 0 Å². The maximum Gasteiger partial charge on any atom is 0.309 e. The summed E-state index contributed by atoms with van der Waals surface area (Å²) >= 11 is 0. The first-order chi connectivity index (χ1) is 22.7. The zero-order chi connectivity index (χ0) is 36.6. The van der Waals surface area contributed by atoms with Gasteiger partial charge >= 0.3 is 35.8 Å². The number of fused-ring (bicyclic) bond motifs is 2. The lowest BCUT2D eigenvalue weighted by molar-refractivity contribution is -0.261. The van der Waals surface area contributed by atoms with E-state index in [1.165, 1.54) is 27.7 Å². The Morgan fingerprint density at radius 1 is 0.816 bits per heavy atom. The topological polar surface area (TPSA) is 184 Å². The van der Waals surface area contributed by atoms with E-state index in [0.29, 0.717) is 6.42 Å². The number of esters is 6. The van der Waals surface area contributed by atoms with Crippen LogP contribution in [0.3, 0.4) is 0 Å². The van der Waals surface area contributed by atoms with E-state index in [1.54, 1.807) is 27.7 Å². The van der Waals surface area contributed by atoms with Crippen molar-refractivity contribution in [1.82, 2.24) is 0 Å². The van der Waals surface area contributed by atoms with Crippen molar-refractivity contribution in [3.05, 3.63) is 0 Å². The van der Waals surface area contributed by atoms with E-state index < -0.39 is 124 Å². The first kappa shape index (κ1) is 36.7. The second-order valence-corrected chi connectivity index (χ2v) is 15.2. The molecule has 5 rings (SSSR count). The van der Waals surface area contributed by atoms with Gasteiger partial charge < -0.3 is 33.2 Å². The van der Waals surface area contributed by atoms with Crippen LogP contribution in [0.2, 0.25) is 0 Å². The minimum Gasteiger partial charge on any atom is -0.462 e. The van der Waals surface area contributed by atoms with E-state index in [1.807, 2.05) is 6.92 Å². The molecule has 49 heavy (non-hydrogen) atoms. The number of Topliss-reactive ketones (excluding diaryl/α,β-unsaturated/α-hetero) is 1. The summed E-state index contributed by atoms with van der Waals surface area (Å²) < 4.78 is 43.0. The fraction of sp³-hybridized carbons (Fsp3) is 0.800. The molecule has 4 saturated carbocycles. The third-order valence-corrected chi connectivity index (χ3v) is 11.8. The Hall–Kier alpha value is -3.55. The van der Waals surface area contributed by atoms with E-state index in [2.05, 4.69) is 0 Å². The van der Waals surface area contributed by atoms with Crippen LogP contribution in [0, 0.1) is 40.9 Å². The van der Waals surface area contributed by atoms with Gasteiger partial charge in [0.2, 0.25) is 0 Å². The highest BCUT2D eigenvalue weighted by molar-refractivity contribution is 5.95. The fourth-order valence-electron chi connectivity index (χ4n) is 10.3. The van der Waals surface area contributed by atoms with Crippen molar-refractivity contribution in [3.63, 3.8) is 0 Å². The van der Waals surface area contributed by atoms with Crippen molar-refractivity contribution < 1.29 is 66.7 Å². The molecule has 0 aromatic rings. The maximum atomic E-state index is 15.4. The third kappa shape index (κ3) is 5.43. The Balaban J connectivity index is 1.87. The summed E-state index contributed by atoms with van der Waals surface area (Å²) in [4.78, 5) is 93.1. The van der Waals surface area contributed by atoms with E-state index in [4.69, 9.17) is 33.2 Å². The molecule has 14 heteroatoms. The Bertz CT molecular complexity index is 1460. The Labute approximate surface area is 285 Å². The predicted octanol–water partition coefficient (Wildman–Crippen LogP) is 2.64. The van der Waals surface area contributed by atoms with Gasteiger partial charge in [-0.05, 0) is 39.0 Å². The number of ketones is 1. The van der Waals surface area contributed by atoms with Crippen LogP contribution in [0.5, 0.6) is 0 Å². The highest BCUT2D eigenvalue weighted by atomic mass is 16.6. The smallest absolute Gasteiger partial charge is 0.309 e. The number of rotatable bonds is 8. The van der Waals surface area contributed by atoms with E-state index in [0.717, 1.165) is 6.92 Å². The maximum absolute atomic E-state index is 15.4. The van der Waals surface area contributed by atoms with Gasteiger partial charge in [-0.3, -0.25) is 33.6 Å². The summed E-state index contributed by atoms with van der Waals surface area (Å²) in [5, 5.41) is 0. The summed E-state index contributed by atoms with van der Waals surface area (Å²) in [6.45, 7) is 14.2. The highest BCUT2D eigenvalue weighted by Gasteiger charge is 2.86. The largest absolute Gasteiger partial charge is 0.462 e. The van der Waals surface area contributed by atoms with Crippen molar-refractivity contribution in [2.75, 3.05) is 6.61 Å². The standard InChI is InChI=1S/C35H48O14/c1-11-15(2)30(42)47-26-22-13-32(9,48-20(7)39)23(22)27-33(10)31(46-19(6)38)35(49-21(8)40)12-16(3)25(44-17(4)36)24(35)29(45-18(5)37)34(27,14-43-33)28(26)41/h15-16,22-27,29,31H,11-14H2,1-10H3. The van der Waals surface area contributed by atoms with Crippen LogP contribution in [0.25, 0.3) is 0 Å². The summed E-state index contributed by atoms with van der Waals surface area (Å²) in [5.74, 6) is -9.53. The zero-order valence-electron chi connectivity index (χ0n) is 29.8. The van der Waals surface area contributed by atoms with Crippen LogP contribution in [0.15, 0.2) is 0 Å². The van der Waals surface area contributed by atoms with Crippen LogP contribution in [0.1, 0.15) is 88.5 Å². The van der Waals surface area contributed by atoms with Gasteiger partial charge in [-0.15, -0.1) is 0 Å².